The predicted octanol–water partition coefficient (Wildman–Crippen LogP) is 2.70. The Morgan fingerprint density at radius 3 is 2.30 bits per heavy atom. The van der Waals surface area contributed by atoms with Crippen molar-refractivity contribution >= 4 is 27.0 Å². The fourth-order valence-corrected chi connectivity index (χ4v) is 3.10. The molecule has 0 saturated heterocycles. The molecule has 0 radical (unpaired) electrons. The first-order chi connectivity index (χ1) is 10.9. The normalized spacial score (nSPS) is 15.0. The van der Waals surface area contributed by atoms with Gasteiger partial charge in [-0.2, -0.15) is 0 Å². The van der Waals surface area contributed by atoms with Gasteiger partial charge in [-0.1, -0.05) is 30.3 Å². The molecule has 23 heavy (non-hydrogen) atoms. The van der Waals surface area contributed by atoms with Crippen molar-refractivity contribution in [2.75, 3.05) is 12.9 Å². The van der Waals surface area contributed by atoms with Gasteiger partial charge in [-0.25, -0.2) is 17.6 Å². The van der Waals surface area contributed by atoms with E-state index in [1.807, 2.05) is 0 Å². The molecule has 4 nitrogen and oxygen atoms in total. The third-order valence-electron chi connectivity index (χ3n) is 3.63. The van der Waals surface area contributed by atoms with Gasteiger partial charge in [0.25, 0.3) is 0 Å². The number of sulfone groups is 1. The SMILES string of the molecule is CS(=O)(=O)c1ccc(C2=C(c3ccccc3F)C(=O)OC2)cc1. The lowest BCUT2D eigenvalue weighted by molar-refractivity contribution is -0.133. The van der Waals surface area contributed by atoms with Crippen LogP contribution in [-0.2, 0) is 19.4 Å². The summed E-state index contributed by atoms with van der Waals surface area (Å²) in [4.78, 5) is 12.2. The second-order valence-electron chi connectivity index (χ2n) is 5.21. The largest absolute Gasteiger partial charge is 0.457 e. The molecule has 0 unspecified atom stereocenters. The summed E-state index contributed by atoms with van der Waals surface area (Å²) in [6, 6.07) is 12.1. The summed E-state index contributed by atoms with van der Waals surface area (Å²) in [5.74, 6) is -1.09. The van der Waals surface area contributed by atoms with Gasteiger partial charge in [0.15, 0.2) is 9.84 Å². The maximum absolute atomic E-state index is 14.0. The van der Waals surface area contributed by atoms with Gasteiger partial charge in [0.2, 0.25) is 0 Å². The number of benzene rings is 2. The van der Waals surface area contributed by atoms with Gasteiger partial charge in [-0.05, 0) is 23.8 Å². The highest BCUT2D eigenvalue weighted by Gasteiger charge is 2.29. The third kappa shape index (κ3) is 2.90. The first kappa shape index (κ1) is 15.4. The number of carbonyl (C=O) groups is 1. The number of hydrogen-bond acceptors (Lipinski definition) is 4. The van der Waals surface area contributed by atoms with E-state index in [4.69, 9.17) is 4.74 Å². The molecular weight excluding hydrogens is 319 g/mol. The second kappa shape index (κ2) is 5.62. The van der Waals surface area contributed by atoms with Crippen molar-refractivity contribution in [1.82, 2.24) is 0 Å². The van der Waals surface area contributed by atoms with E-state index in [-0.39, 0.29) is 22.6 Å². The average Bonchev–Trinajstić information content (AvgIpc) is 2.89. The Balaban J connectivity index is 2.13. The number of carbonyl (C=O) groups excluding carboxylic acids is 1. The highest BCUT2D eigenvalue weighted by Crippen LogP contribution is 2.34. The number of hydrogen-bond donors (Lipinski definition) is 0. The first-order valence-electron chi connectivity index (χ1n) is 6.83. The van der Waals surface area contributed by atoms with Crippen LogP contribution in [0.5, 0.6) is 0 Å². The van der Waals surface area contributed by atoms with Crippen LogP contribution in [0.2, 0.25) is 0 Å². The molecule has 0 bridgehead atoms. The maximum atomic E-state index is 14.0. The van der Waals surface area contributed by atoms with Crippen LogP contribution >= 0.6 is 0 Å². The van der Waals surface area contributed by atoms with Crippen LogP contribution in [0.25, 0.3) is 11.1 Å². The zero-order valence-corrected chi connectivity index (χ0v) is 13.1. The zero-order valence-electron chi connectivity index (χ0n) is 12.2. The van der Waals surface area contributed by atoms with Crippen molar-refractivity contribution in [3.63, 3.8) is 0 Å². The molecule has 0 N–H and O–H groups in total. The van der Waals surface area contributed by atoms with E-state index in [1.165, 1.54) is 24.3 Å². The van der Waals surface area contributed by atoms with Gasteiger partial charge in [-0.3, -0.25) is 0 Å². The molecule has 0 aromatic heterocycles. The number of esters is 1. The lowest BCUT2D eigenvalue weighted by Gasteiger charge is -2.06. The molecule has 0 fully saturated rings. The summed E-state index contributed by atoms with van der Waals surface area (Å²) in [6.45, 7) is 0.0285. The fourth-order valence-electron chi connectivity index (χ4n) is 2.47. The van der Waals surface area contributed by atoms with Gasteiger partial charge in [0.1, 0.15) is 12.4 Å². The molecule has 1 heterocycles. The predicted molar refractivity (Wildman–Crippen MR) is 83.7 cm³/mol. The summed E-state index contributed by atoms with van der Waals surface area (Å²) >= 11 is 0. The number of rotatable bonds is 3. The van der Waals surface area contributed by atoms with Crippen molar-refractivity contribution < 1.29 is 22.3 Å². The van der Waals surface area contributed by atoms with Crippen LogP contribution in [0.3, 0.4) is 0 Å². The van der Waals surface area contributed by atoms with Crippen LogP contribution in [0.4, 0.5) is 4.39 Å². The summed E-state index contributed by atoms with van der Waals surface area (Å²) in [5.41, 5.74) is 1.52. The van der Waals surface area contributed by atoms with E-state index in [0.717, 1.165) is 6.26 Å². The van der Waals surface area contributed by atoms with Crippen LogP contribution in [0.15, 0.2) is 53.4 Å². The Bertz CT molecular complexity index is 912. The first-order valence-corrected chi connectivity index (χ1v) is 8.73. The average molecular weight is 332 g/mol. The molecule has 0 atom stereocenters. The van der Waals surface area contributed by atoms with E-state index < -0.39 is 21.6 Å². The Kier molecular flexibility index (Phi) is 3.77. The van der Waals surface area contributed by atoms with E-state index in [2.05, 4.69) is 0 Å². The van der Waals surface area contributed by atoms with Gasteiger partial charge in [0.05, 0.1) is 10.5 Å². The smallest absolute Gasteiger partial charge is 0.339 e. The molecule has 3 rings (SSSR count). The molecule has 2 aromatic carbocycles. The number of halogens is 1. The Labute approximate surface area is 133 Å². The molecule has 0 aliphatic carbocycles. The minimum atomic E-state index is -3.30. The lowest BCUT2D eigenvalue weighted by atomic mass is 9.96. The van der Waals surface area contributed by atoms with Gasteiger partial charge in [-0.15, -0.1) is 0 Å². The zero-order chi connectivity index (χ0) is 16.6. The van der Waals surface area contributed by atoms with E-state index >= 15 is 0 Å². The summed E-state index contributed by atoms with van der Waals surface area (Å²) in [7, 11) is -3.30. The molecule has 0 amide bonds. The van der Waals surface area contributed by atoms with Crippen molar-refractivity contribution in [3.05, 3.63) is 65.5 Å². The van der Waals surface area contributed by atoms with Crippen LogP contribution in [0, 0.1) is 5.82 Å². The molecular formula is C17H13FO4S. The maximum Gasteiger partial charge on any atom is 0.339 e. The third-order valence-corrected chi connectivity index (χ3v) is 4.76. The van der Waals surface area contributed by atoms with Crippen molar-refractivity contribution in [3.8, 4) is 0 Å². The quantitative estimate of drug-likeness (QED) is 0.811. The van der Waals surface area contributed by atoms with Crippen LogP contribution in [-0.4, -0.2) is 27.2 Å². The van der Waals surface area contributed by atoms with E-state index in [1.54, 1.807) is 24.3 Å². The highest BCUT2D eigenvalue weighted by atomic mass is 32.2. The van der Waals surface area contributed by atoms with Gasteiger partial charge >= 0.3 is 5.97 Å². The molecule has 2 aromatic rings. The van der Waals surface area contributed by atoms with Crippen molar-refractivity contribution in [2.24, 2.45) is 0 Å². The standard InChI is InChI=1S/C17H13FO4S/c1-23(20,21)12-8-6-11(7-9-12)14-10-22-17(19)16(14)13-4-2-3-5-15(13)18/h2-9H,10H2,1H3. The molecule has 1 aliphatic rings. The Morgan fingerprint density at radius 2 is 1.70 bits per heavy atom. The van der Waals surface area contributed by atoms with Gasteiger partial charge < -0.3 is 4.74 Å². The fraction of sp³-hybridized carbons (Fsp3) is 0.118. The summed E-state index contributed by atoms with van der Waals surface area (Å²) < 4.78 is 42.1. The van der Waals surface area contributed by atoms with Gasteiger partial charge in [0, 0.05) is 17.4 Å². The molecule has 0 spiro atoms. The van der Waals surface area contributed by atoms with Crippen LogP contribution in [0.1, 0.15) is 11.1 Å². The summed E-state index contributed by atoms with van der Waals surface area (Å²) in [5, 5.41) is 0. The minimum absolute atomic E-state index is 0.0285. The Morgan fingerprint density at radius 1 is 1.04 bits per heavy atom. The number of ether oxygens (including phenoxy) is 1. The monoisotopic (exact) mass is 332 g/mol. The topological polar surface area (TPSA) is 60.4 Å². The van der Waals surface area contributed by atoms with Crippen molar-refractivity contribution in [1.29, 1.82) is 0 Å². The minimum Gasteiger partial charge on any atom is -0.457 e. The molecule has 1 aliphatic heterocycles. The van der Waals surface area contributed by atoms with Crippen LogP contribution < -0.4 is 0 Å². The second-order valence-corrected chi connectivity index (χ2v) is 7.22. The van der Waals surface area contributed by atoms with E-state index in [0.29, 0.717) is 11.1 Å². The lowest BCUT2D eigenvalue weighted by Crippen LogP contribution is -2.00. The number of cyclic esters (lactones) is 1. The van der Waals surface area contributed by atoms with E-state index in [9.17, 15) is 17.6 Å². The Hall–Kier alpha value is -2.47. The molecule has 0 saturated carbocycles. The highest BCUT2D eigenvalue weighted by molar-refractivity contribution is 7.90. The summed E-state index contributed by atoms with van der Waals surface area (Å²) in [6.07, 6.45) is 1.12. The molecule has 118 valence electrons. The van der Waals surface area contributed by atoms with Crippen molar-refractivity contribution in [2.45, 2.75) is 4.90 Å². The molecule has 6 heteroatoms.